The van der Waals surface area contributed by atoms with Crippen LogP contribution in [0.15, 0.2) is 59.4 Å². The van der Waals surface area contributed by atoms with E-state index < -0.39 is 10.9 Å². The first-order chi connectivity index (χ1) is 13.1. The molecule has 0 aliphatic rings. The van der Waals surface area contributed by atoms with Crippen molar-refractivity contribution in [3.63, 3.8) is 0 Å². The van der Waals surface area contributed by atoms with Crippen molar-refractivity contribution < 1.29 is 23.6 Å². The van der Waals surface area contributed by atoms with E-state index in [4.69, 9.17) is 9.15 Å². The van der Waals surface area contributed by atoms with Gasteiger partial charge in [0.2, 0.25) is 18.0 Å². The van der Waals surface area contributed by atoms with E-state index in [1.807, 2.05) is 0 Å². The molecule has 9 nitrogen and oxygen atoms in total. The quantitative estimate of drug-likeness (QED) is 0.280. The molecule has 3 aromatic rings. The summed E-state index contributed by atoms with van der Waals surface area (Å²) in [6, 6.07) is 11.1. The van der Waals surface area contributed by atoms with Crippen LogP contribution in [-0.4, -0.2) is 28.2 Å². The molecule has 0 atom stereocenters. The lowest BCUT2D eigenvalue weighted by Crippen LogP contribution is -1.95. The summed E-state index contributed by atoms with van der Waals surface area (Å²) >= 11 is 0. The van der Waals surface area contributed by atoms with Crippen molar-refractivity contribution >= 4 is 17.7 Å². The highest BCUT2D eigenvalue weighted by Gasteiger charge is 2.17. The Morgan fingerprint density at radius 3 is 2.81 bits per heavy atom. The number of aromatic nitrogens is 2. The Hall–Kier alpha value is -4.01. The lowest BCUT2D eigenvalue weighted by atomic mass is 10.1. The summed E-state index contributed by atoms with van der Waals surface area (Å²) in [6.07, 6.45) is 3.79. The standard InChI is InChI=1S/C18H13N3O6/c1-25-17(22)8-6-12-5-7-16(15(9-12)21(23)24)27-14-4-2-3-13(10-14)18-20-19-11-26-18/h2-11H,1H3. The second-order valence-electron chi connectivity index (χ2n) is 5.21. The third kappa shape index (κ3) is 4.34. The van der Waals surface area contributed by atoms with Crippen LogP contribution < -0.4 is 4.74 Å². The van der Waals surface area contributed by atoms with Crippen LogP contribution in [0.5, 0.6) is 11.5 Å². The van der Waals surface area contributed by atoms with E-state index >= 15 is 0 Å². The van der Waals surface area contributed by atoms with Gasteiger partial charge in [0.1, 0.15) is 5.75 Å². The average molecular weight is 367 g/mol. The zero-order valence-electron chi connectivity index (χ0n) is 14.1. The number of nitro benzene ring substituents is 1. The summed E-state index contributed by atoms with van der Waals surface area (Å²) in [5.74, 6) is 0.165. The molecule has 0 saturated heterocycles. The number of carbonyl (C=O) groups excluding carboxylic acids is 1. The molecule has 0 fully saturated rings. The maximum Gasteiger partial charge on any atom is 0.330 e. The molecule has 0 bridgehead atoms. The smallest absolute Gasteiger partial charge is 0.330 e. The number of nitro groups is 1. The highest BCUT2D eigenvalue weighted by atomic mass is 16.6. The topological polar surface area (TPSA) is 118 Å². The minimum atomic E-state index is -0.563. The van der Waals surface area contributed by atoms with Gasteiger partial charge in [-0.05, 0) is 35.9 Å². The van der Waals surface area contributed by atoms with E-state index in [1.165, 1.54) is 37.8 Å². The van der Waals surface area contributed by atoms with Gasteiger partial charge in [0.05, 0.1) is 12.0 Å². The normalized spacial score (nSPS) is 10.7. The van der Waals surface area contributed by atoms with Gasteiger partial charge in [0.25, 0.3) is 0 Å². The van der Waals surface area contributed by atoms with Gasteiger partial charge in [-0.1, -0.05) is 12.1 Å². The molecule has 0 saturated carbocycles. The van der Waals surface area contributed by atoms with Gasteiger partial charge in [-0.2, -0.15) is 0 Å². The number of esters is 1. The molecule has 0 spiro atoms. The molecule has 2 aromatic carbocycles. The highest BCUT2D eigenvalue weighted by Crippen LogP contribution is 2.33. The van der Waals surface area contributed by atoms with Gasteiger partial charge in [0.15, 0.2) is 0 Å². The molecule has 0 aliphatic heterocycles. The van der Waals surface area contributed by atoms with E-state index in [2.05, 4.69) is 14.9 Å². The lowest BCUT2D eigenvalue weighted by molar-refractivity contribution is -0.385. The summed E-state index contributed by atoms with van der Waals surface area (Å²) in [7, 11) is 1.24. The van der Waals surface area contributed by atoms with Crippen LogP contribution in [0.4, 0.5) is 5.69 Å². The van der Waals surface area contributed by atoms with Gasteiger partial charge in [0, 0.05) is 17.7 Å². The number of ether oxygens (including phenoxy) is 2. The van der Waals surface area contributed by atoms with Gasteiger partial charge in [-0.3, -0.25) is 10.1 Å². The Bertz CT molecular complexity index is 998. The monoisotopic (exact) mass is 367 g/mol. The van der Waals surface area contributed by atoms with Crippen molar-refractivity contribution in [2.24, 2.45) is 0 Å². The Morgan fingerprint density at radius 2 is 2.11 bits per heavy atom. The zero-order chi connectivity index (χ0) is 19.2. The average Bonchev–Trinajstić information content (AvgIpc) is 3.22. The fourth-order valence-electron chi connectivity index (χ4n) is 2.22. The maximum absolute atomic E-state index is 11.4. The Kier molecular flexibility index (Phi) is 5.22. The molecule has 0 radical (unpaired) electrons. The van der Waals surface area contributed by atoms with Crippen LogP contribution in [-0.2, 0) is 9.53 Å². The van der Waals surface area contributed by atoms with Crippen molar-refractivity contribution in [1.82, 2.24) is 10.2 Å². The number of nitrogens with zero attached hydrogens (tertiary/aromatic N) is 3. The van der Waals surface area contributed by atoms with Crippen LogP contribution in [0.3, 0.4) is 0 Å². The minimum Gasteiger partial charge on any atom is -0.466 e. The fraction of sp³-hybridized carbons (Fsp3) is 0.0556. The summed E-state index contributed by atoms with van der Waals surface area (Å²) in [5, 5.41) is 18.8. The number of benzene rings is 2. The van der Waals surface area contributed by atoms with Gasteiger partial charge in [-0.15, -0.1) is 10.2 Å². The molecule has 27 heavy (non-hydrogen) atoms. The highest BCUT2D eigenvalue weighted by molar-refractivity contribution is 5.87. The largest absolute Gasteiger partial charge is 0.466 e. The van der Waals surface area contributed by atoms with Crippen LogP contribution >= 0.6 is 0 Å². The number of carbonyl (C=O) groups is 1. The maximum atomic E-state index is 11.4. The molecule has 9 heteroatoms. The number of hydrogen-bond donors (Lipinski definition) is 0. The predicted octanol–water partition coefficient (Wildman–Crippen LogP) is 3.62. The Balaban J connectivity index is 1.88. The Labute approximate surface area is 153 Å². The van der Waals surface area contributed by atoms with Crippen molar-refractivity contribution in [3.05, 3.63) is 70.6 Å². The van der Waals surface area contributed by atoms with Crippen LogP contribution in [0.2, 0.25) is 0 Å². The first-order valence-corrected chi connectivity index (χ1v) is 7.66. The van der Waals surface area contributed by atoms with Crippen molar-refractivity contribution in [3.8, 4) is 23.0 Å². The SMILES string of the molecule is COC(=O)C=Cc1ccc(Oc2cccc(-c3nnco3)c2)c([N+](=O)[O-])c1. The number of rotatable bonds is 6. The minimum absolute atomic E-state index is 0.0536. The number of hydrogen-bond acceptors (Lipinski definition) is 8. The molecule has 1 aromatic heterocycles. The van der Waals surface area contributed by atoms with Crippen LogP contribution in [0, 0.1) is 10.1 Å². The molecule has 0 unspecified atom stereocenters. The van der Waals surface area contributed by atoms with Crippen molar-refractivity contribution in [2.75, 3.05) is 7.11 Å². The summed E-state index contributed by atoms with van der Waals surface area (Å²) in [4.78, 5) is 22.0. The summed E-state index contributed by atoms with van der Waals surface area (Å²) < 4.78 is 15.3. The molecule has 136 valence electrons. The second-order valence-corrected chi connectivity index (χ2v) is 5.21. The molecular weight excluding hydrogens is 354 g/mol. The molecule has 1 heterocycles. The molecular formula is C18H13N3O6. The first-order valence-electron chi connectivity index (χ1n) is 7.66. The third-order valence-electron chi connectivity index (χ3n) is 3.46. The fourth-order valence-corrected chi connectivity index (χ4v) is 2.22. The number of methoxy groups -OCH3 is 1. The predicted molar refractivity (Wildman–Crippen MR) is 94.0 cm³/mol. The molecule has 0 aliphatic carbocycles. The van der Waals surface area contributed by atoms with Crippen molar-refractivity contribution in [2.45, 2.75) is 0 Å². The molecule has 3 rings (SSSR count). The molecule has 0 amide bonds. The van der Waals surface area contributed by atoms with E-state index in [-0.39, 0.29) is 11.4 Å². The summed E-state index contributed by atoms with van der Waals surface area (Å²) in [6.45, 7) is 0. The van der Waals surface area contributed by atoms with Crippen molar-refractivity contribution in [1.29, 1.82) is 0 Å². The van der Waals surface area contributed by atoms with E-state index in [0.29, 0.717) is 22.8 Å². The zero-order valence-corrected chi connectivity index (χ0v) is 14.1. The van der Waals surface area contributed by atoms with Gasteiger partial charge >= 0.3 is 11.7 Å². The van der Waals surface area contributed by atoms with Crippen LogP contribution in [0.1, 0.15) is 5.56 Å². The first kappa shape index (κ1) is 17.8. The second kappa shape index (κ2) is 7.91. The molecule has 0 N–H and O–H groups in total. The van der Waals surface area contributed by atoms with Gasteiger partial charge in [-0.25, -0.2) is 4.79 Å². The summed E-state index contributed by atoms with van der Waals surface area (Å²) in [5.41, 5.74) is 0.828. The van der Waals surface area contributed by atoms with E-state index in [9.17, 15) is 14.9 Å². The van der Waals surface area contributed by atoms with Crippen LogP contribution in [0.25, 0.3) is 17.5 Å². The van der Waals surface area contributed by atoms with E-state index in [1.54, 1.807) is 30.3 Å². The Morgan fingerprint density at radius 1 is 1.26 bits per heavy atom. The van der Waals surface area contributed by atoms with Gasteiger partial charge < -0.3 is 13.9 Å². The van der Waals surface area contributed by atoms with E-state index in [0.717, 1.165) is 0 Å². The lowest BCUT2D eigenvalue weighted by Gasteiger charge is -2.08. The third-order valence-corrected chi connectivity index (χ3v) is 3.46.